The lowest BCUT2D eigenvalue weighted by Crippen LogP contribution is -2.25. The number of halogens is 1. The molecule has 0 saturated carbocycles. The fraction of sp³-hybridized carbons (Fsp3) is 0.258. The van der Waals surface area contributed by atoms with E-state index in [4.69, 9.17) is 19.0 Å². The molecule has 0 amide bonds. The fourth-order valence-electron chi connectivity index (χ4n) is 4.78. The van der Waals surface area contributed by atoms with Crippen molar-refractivity contribution in [2.24, 2.45) is 5.16 Å². The van der Waals surface area contributed by atoms with Crippen molar-refractivity contribution in [1.82, 2.24) is 14.5 Å². The molecule has 41 heavy (non-hydrogen) atoms. The lowest BCUT2D eigenvalue weighted by Gasteiger charge is -2.16. The van der Waals surface area contributed by atoms with Crippen LogP contribution in [0.15, 0.2) is 88.0 Å². The molecule has 0 saturated heterocycles. The number of nitrogens with zero attached hydrogens (tertiary/aromatic N) is 4. The van der Waals surface area contributed by atoms with Crippen LogP contribution in [-0.4, -0.2) is 33.3 Å². The minimum atomic E-state index is -0.890. The Hall–Kier alpha value is -4.86. The molecule has 0 N–H and O–H groups in total. The van der Waals surface area contributed by atoms with Crippen molar-refractivity contribution in [3.63, 3.8) is 0 Å². The van der Waals surface area contributed by atoms with E-state index in [-0.39, 0.29) is 17.9 Å². The van der Waals surface area contributed by atoms with Gasteiger partial charge in [-0.1, -0.05) is 29.9 Å². The van der Waals surface area contributed by atoms with E-state index in [1.165, 1.54) is 29.9 Å². The van der Waals surface area contributed by atoms with Crippen molar-refractivity contribution in [3.05, 3.63) is 101 Å². The molecule has 1 unspecified atom stereocenters. The molecule has 10 heteroatoms. The highest BCUT2D eigenvalue weighted by molar-refractivity contribution is 6.04. The first kappa shape index (κ1) is 27.7. The molecule has 3 heterocycles. The largest absolute Gasteiger partial charge is 0.469 e. The number of rotatable bonds is 10. The van der Waals surface area contributed by atoms with Crippen molar-refractivity contribution in [3.8, 4) is 0 Å². The van der Waals surface area contributed by atoms with E-state index < -0.39 is 5.60 Å². The summed E-state index contributed by atoms with van der Waals surface area (Å²) in [6.45, 7) is 5.66. The van der Waals surface area contributed by atoms with Crippen LogP contribution in [0.3, 0.4) is 0 Å². The van der Waals surface area contributed by atoms with E-state index in [0.29, 0.717) is 71.6 Å². The van der Waals surface area contributed by atoms with Gasteiger partial charge >= 0.3 is 5.97 Å². The van der Waals surface area contributed by atoms with E-state index >= 15 is 0 Å². The minimum Gasteiger partial charge on any atom is -0.469 e. The molecule has 2 aromatic heterocycles. The molecule has 4 aromatic rings. The molecule has 210 valence electrons. The number of unbranched alkanes of at least 4 members (excludes halogenated alkanes) is 1. The predicted octanol–water partition coefficient (Wildman–Crippen LogP) is 5.97. The Bertz CT molecular complexity index is 1750. The molecular weight excluding hydrogens is 527 g/mol. The van der Waals surface area contributed by atoms with Gasteiger partial charge in [-0.05, 0) is 62.3 Å². The second-order valence-electron chi connectivity index (χ2n) is 9.82. The fourth-order valence-corrected chi connectivity index (χ4v) is 4.78. The summed E-state index contributed by atoms with van der Waals surface area (Å²) < 4.78 is 24.9. The number of oxazole rings is 1. The molecule has 0 aliphatic carbocycles. The van der Waals surface area contributed by atoms with Crippen LogP contribution < -0.4 is 5.56 Å². The summed E-state index contributed by atoms with van der Waals surface area (Å²) in [5.74, 6) is 0.589. The van der Waals surface area contributed by atoms with Gasteiger partial charge in [0.1, 0.15) is 11.3 Å². The number of allylic oxidation sites excluding steroid dienone is 4. The average Bonchev–Trinajstić information content (AvgIpc) is 3.61. The standard InChI is InChI=1S/C31H29FN4O5/c1-4-21(10-9-17-32)36-27(13-7-8-14-28(37)39-3)33-24-18-20(15-16-22(24)29(36)38)25-19-31(2,41-35-25)30-34-23-11-5-6-12-26(23)40-30/h4-6,9-12,15-18H,1,7-8,13-14,19H2,2-3H3/b17-9+,21-10+. The first-order valence-corrected chi connectivity index (χ1v) is 13.2. The smallest absolute Gasteiger partial charge is 0.305 e. The molecule has 2 aromatic carbocycles. The Morgan fingerprint density at radius 1 is 1.20 bits per heavy atom. The molecule has 0 spiro atoms. The Balaban J connectivity index is 1.48. The number of hydrogen-bond acceptors (Lipinski definition) is 8. The lowest BCUT2D eigenvalue weighted by atomic mass is 9.95. The molecule has 1 atom stereocenters. The first-order chi connectivity index (χ1) is 19.9. The maximum absolute atomic E-state index is 13.7. The van der Waals surface area contributed by atoms with E-state index in [9.17, 15) is 14.0 Å². The van der Waals surface area contributed by atoms with Crippen molar-refractivity contribution >= 4 is 39.4 Å². The number of carbonyl (C=O) groups is 1. The third-order valence-electron chi connectivity index (χ3n) is 6.95. The maximum atomic E-state index is 13.7. The van der Waals surface area contributed by atoms with Crippen molar-refractivity contribution in [2.45, 2.75) is 44.6 Å². The molecule has 0 radical (unpaired) electrons. The van der Waals surface area contributed by atoms with Crippen molar-refractivity contribution in [1.29, 1.82) is 0 Å². The van der Waals surface area contributed by atoms with Crippen LogP contribution in [0.25, 0.3) is 27.7 Å². The summed E-state index contributed by atoms with van der Waals surface area (Å²) in [5, 5.41) is 4.71. The van der Waals surface area contributed by atoms with E-state index in [0.717, 1.165) is 11.1 Å². The van der Waals surface area contributed by atoms with E-state index in [2.05, 4.69) is 16.7 Å². The minimum absolute atomic E-state index is 0.256. The van der Waals surface area contributed by atoms with Crippen LogP contribution >= 0.6 is 0 Å². The number of hydrogen-bond donors (Lipinski definition) is 0. The molecule has 9 nitrogen and oxygen atoms in total. The summed E-state index contributed by atoms with van der Waals surface area (Å²) in [7, 11) is 1.34. The monoisotopic (exact) mass is 556 g/mol. The second-order valence-corrected chi connectivity index (χ2v) is 9.82. The number of fused-ring (bicyclic) bond motifs is 2. The van der Waals surface area contributed by atoms with Crippen molar-refractivity contribution in [2.75, 3.05) is 7.11 Å². The van der Waals surface area contributed by atoms with Crippen LogP contribution in [0.5, 0.6) is 0 Å². The highest BCUT2D eigenvalue weighted by Gasteiger charge is 2.41. The van der Waals surface area contributed by atoms with Gasteiger partial charge in [0.15, 0.2) is 5.58 Å². The van der Waals surface area contributed by atoms with E-state index in [1.807, 2.05) is 31.2 Å². The Morgan fingerprint density at radius 3 is 2.78 bits per heavy atom. The zero-order valence-corrected chi connectivity index (χ0v) is 22.8. The number of benzene rings is 2. The lowest BCUT2D eigenvalue weighted by molar-refractivity contribution is -0.140. The van der Waals surface area contributed by atoms with Crippen LogP contribution in [0, 0.1) is 0 Å². The molecule has 1 aliphatic heterocycles. The van der Waals surface area contributed by atoms with Gasteiger partial charge in [-0.3, -0.25) is 14.2 Å². The van der Waals surface area contributed by atoms with Gasteiger partial charge in [-0.2, -0.15) is 0 Å². The SMILES string of the molecule is C=C/C(=C\C=C\F)n1c(CCCCC(=O)OC)nc2cc(C3=NOC(C)(c4nc5ccccc5o4)C3)ccc2c1=O. The third kappa shape index (κ3) is 5.58. The predicted molar refractivity (Wildman–Crippen MR) is 154 cm³/mol. The van der Waals surface area contributed by atoms with Crippen LogP contribution in [0.2, 0.25) is 0 Å². The molecule has 5 rings (SSSR count). The topological polar surface area (TPSA) is 109 Å². The zero-order valence-electron chi connectivity index (χ0n) is 22.8. The summed E-state index contributed by atoms with van der Waals surface area (Å²) >= 11 is 0. The second kappa shape index (κ2) is 11.7. The number of para-hydroxylation sites is 2. The maximum Gasteiger partial charge on any atom is 0.305 e. The number of ether oxygens (including phenoxy) is 1. The van der Waals surface area contributed by atoms with Gasteiger partial charge in [0.05, 0.1) is 30.1 Å². The normalized spacial score (nSPS) is 17.2. The van der Waals surface area contributed by atoms with Crippen LogP contribution in [-0.2, 0) is 26.4 Å². The van der Waals surface area contributed by atoms with Gasteiger partial charge in [0.2, 0.25) is 11.5 Å². The number of carbonyl (C=O) groups excluding carboxylic acids is 1. The number of methoxy groups -OCH3 is 1. The molecule has 0 fully saturated rings. The van der Waals surface area contributed by atoms with Crippen LogP contribution in [0.1, 0.15) is 49.9 Å². The Kier molecular flexibility index (Phi) is 7.91. The highest BCUT2D eigenvalue weighted by atomic mass is 19.1. The summed E-state index contributed by atoms with van der Waals surface area (Å²) in [6, 6.07) is 12.8. The number of aryl methyl sites for hydroxylation is 1. The van der Waals surface area contributed by atoms with Gasteiger partial charge in [-0.25, -0.2) is 14.4 Å². The van der Waals surface area contributed by atoms with Crippen LogP contribution in [0.4, 0.5) is 4.39 Å². The molecular formula is C31H29FN4O5. The molecule has 0 bridgehead atoms. The van der Waals surface area contributed by atoms with E-state index in [1.54, 1.807) is 18.2 Å². The van der Waals surface area contributed by atoms with Crippen molar-refractivity contribution < 1.29 is 23.2 Å². The van der Waals surface area contributed by atoms with Gasteiger partial charge in [0.25, 0.3) is 5.56 Å². The molecule has 1 aliphatic rings. The highest BCUT2D eigenvalue weighted by Crippen LogP contribution is 2.37. The Morgan fingerprint density at radius 2 is 2.02 bits per heavy atom. The summed E-state index contributed by atoms with van der Waals surface area (Å²) in [5.41, 5.74) is 2.48. The number of esters is 1. The zero-order chi connectivity index (χ0) is 29.0. The number of oxime groups is 1. The Labute approximate surface area is 235 Å². The summed E-state index contributed by atoms with van der Waals surface area (Å²) in [4.78, 5) is 40.5. The average molecular weight is 557 g/mol. The van der Waals surface area contributed by atoms with Gasteiger partial charge < -0.3 is 14.0 Å². The van der Waals surface area contributed by atoms with Gasteiger partial charge in [0, 0.05) is 30.5 Å². The third-order valence-corrected chi connectivity index (χ3v) is 6.95. The summed E-state index contributed by atoms with van der Waals surface area (Å²) in [6.07, 6.45) is 6.68. The van der Waals surface area contributed by atoms with Gasteiger partial charge in [-0.15, -0.1) is 0 Å². The number of aromatic nitrogens is 3. The first-order valence-electron chi connectivity index (χ1n) is 13.2. The quantitative estimate of drug-likeness (QED) is 0.134.